The van der Waals surface area contributed by atoms with E-state index in [1.54, 1.807) is 15.9 Å². The number of nitrogens with one attached hydrogen (secondary N) is 1. The minimum Gasteiger partial charge on any atom is -0.326 e. The van der Waals surface area contributed by atoms with Crippen molar-refractivity contribution in [2.75, 3.05) is 44.6 Å². The van der Waals surface area contributed by atoms with Gasteiger partial charge in [-0.3, -0.25) is 4.79 Å². The zero-order valence-electron chi connectivity index (χ0n) is 18.1. The zero-order valence-corrected chi connectivity index (χ0v) is 19.7. The van der Waals surface area contributed by atoms with Gasteiger partial charge >= 0.3 is 6.03 Å². The van der Waals surface area contributed by atoms with E-state index in [1.165, 1.54) is 16.4 Å². The number of piperidine rings is 1. The summed E-state index contributed by atoms with van der Waals surface area (Å²) in [6.45, 7) is 7.26. The number of hydrogen-bond donors (Lipinski definition) is 1. The van der Waals surface area contributed by atoms with Crippen LogP contribution in [0.3, 0.4) is 0 Å². The lowest BCUT2D eigenvalue weighted by Crippen LogP contribution is -2.47. The molecule has 1 aromatic carbocycles. The Bertz CT molecular complexity index is 906. The van der Waals surface area contributed by atoms with Crippen molar-refractivity contribution in [1.82, 2.24) is 14.1 Å². The number of nitrogens with zero attached hydrogens (tertiary/aromatic N) is 3. The summed E-state index contributed by atoms with van der Waals surface area (Å²) in [7, 11) is -3.68. The third kappa shape index (κ3) is 5.32. The van der Waals surface area contributed by atoms with Crippen molar-refractivity contribution >= 4 is 39.2 Å². The number of likely N-dealkylation sites (tertiary alicyclic amines) is 1. The van der Waals surface area contributed by atoms with Gasteiger partial charge in [0.1, 0.15) is 4.90 Å². The minimum absolute atomic E-state index is 0.0123. The van der Waals surface area contributed by atoms with E-state index >= 15 is 0 Å². The first-order valence-electron chi connectivity index (χ1n) is 10.9. The van der Waals surface area contributed by atoms with Gasteiger partial charge in [0.05, 0.1) is 5.02 Å². The molecule has 1 aromatic rings. The number of carbonyl (C=O) groups excluding carboxylic acids is 2. The van der Waals surface area contributed by atoms with Gasteiger partial charge in [0, 0.05) is 50.9 Å². The van der Waals surface area contributed by atoms with Gasteiger partial charge in [-0.2, -0.15) is 4.31 Å². The molecule has 0 aliphatic carbocycles. The molecule has 3 amide bonds. The lowest BCUT2D eigenvalue weighted by Gasteiger charge is -2.34. The highest BCUT2D eigenvalue weighted by Gasteiger charge is 2.31. The van der Waals surface area contributed by atoms with Crippen LogP contribution < -0.4 is 5.32 Å². The van der Waals surface area contributed by atoms with Crippen molar-refractivity contribution in [3.8, 4) is 0 Å². The van der Waals surface area contributed by atoms with E-state index in [9.17, 15) is 18.0 Å². The Kier molecular flexibility index (Phi) is 7.82. The van der Waals surface area contributed by atoms with Crippen molar-refractivity contribution in [2.24, 2.45) is 5.92 Å². The monoisotopic (exact) mass is 470 g/mol. The molecule has 0 radical (unpaired) electrons. The number of sulfonamides is 1. The predicted molar refractivity (Wildman–Crippen MR) is 121 cm³/mol. The molecule has 2 heterocycles. The number of benzene rings is 1. The third-order valence-corrected chi connectivity index (χ3v) is 8.43. The first kappa shape index (κ1) is 23.8. The Hall–Kier alpha value is -1.84. The molecule has 0 aromatic heterocycles. The van der Waals surface area contributed by atoms with Gasteiger partial charge < -0.3 is 15.1 Å². The maximum Gasteiger partial charge on any atom is 0.319 e. The molecule has 3 rings (SSSR count). The molecule has 2 saturated heterocycles. The standard InChI is InChI=1S/C21H31ClN4O4S/c1-3-24(4-2)21(28)25-13-9-16(10-14-25)20(27)23-17-7-8-18(22)19(15-17)31(29,30)26-11-5-6-12-26/h7-8,15-16H,3-6,9-14H2,1-2H3,(H,23,27). The van der Waals surface area contributed by atoms with E-state index in [1.807, 2.05) is 13.8 Å². The Balaban J connectivity index is 1.63. The summed E-state index contributed by atoms with van der Waals surface area (Å²) in [4.78, 5) is 28.8. The van der Waals surface area contributed by atoms with Gasteiger partial charge in [0.25, 0.3) is 0 Å². The fourth-order valence-electron chi connectivity index (χ4n) is 4.12. The summed E-state index contributed by atoms with van der Waals surface area (Å²) in [6, 6.07) is 4.57. The van der Waals surface area contributed by atoms with Crippen molar-refractivity contribution in [1.29, 1.82) is 0 Å². The van der Waals surface area contributed by atoms with Crippen molar-refractivity contribution in [3.63, 3.8) is 0 Å². The molecular weight excluding hydrogens is 440 g/mol. The first-order chi connectivity index (χ1) is 14.8. The second-order valence-corrected chi connectivity index (χ2v) is 10.3. The summed E-state index contributed by atoms with van der Waals surface area (Å²) in [5.41, 5.74) is 0.411. The Morgan fingerprint density at radius 3 is 2.29 bits per heavy atom. The molecule has 1 N–H and O–H groups in total. The molecule has 2 fully saturated rings. The Morgan fingerprint density at radius 1 is 1.10 bits per heavy atom. The lowest BCUT2D eigenvalue weighted by molar-refractivity contribution is -0.121. The molecule has 0 atom stereocenters. The van der Waals surface area contributed by atoms with E-state index in [2.05, 4.69) is 5.32 Å². The summed E-state index contributed by atoms with van der Waals surface area (Å²) in [6.07, 6.45) is 2.82. The fourth-order valence-corrected chi connectivity index (χ4v) is 6.14. The molecule has 8 nitrogen and oxygen atoms in total. The van der Waals surface area contributed by atoms with Crippen LogP contribution >= 0.6 is 11.6 Å². The fraction of sp³-hybridized carbons (Fsp3) is 0.619. The average molecular weight is 471 g/mol. The lowest BCUT2D eigenvalue weighted by atomic mass is 9.96. The van der Waals surface area contributed by atoms with Gasteiger partial charge in [-0.15, -0.1) is 0 Å². The van der Waals surface area contributed by atoms with Crippen LogP contribution in [0, 0.1) is 5.92 Å². The highest BCUT2D eigenvalue weighted by molar-refractivity contribution is 7.89. The summed E-state index contributed by atoms with van der Waals surface area (Å²) in [5, 5.41) is 2.98. The van der Waals surface area contributed by atoms with Gasteiger partial charge in [0.2, 0.25) is 15.9 Å². The first-order valence-corrected chi connectivity index (χ1v) is 12.7. The van der Waals surface area contributed by atoms with Crippen LogP contribution in [0.2, 0.25) is 5.02 Å². The van der Waals surface area contributed by atoms with Crippen LogP contribution in [-0.4, -0.2) is 73.7 Å². The molecule has 0 spiro atoms. The smallest absolute Gasteiger partial charge is 0.319 e. The zero-order chi connectivity index (χ0) is 22.6. The van der Waals surface area contributed by atoms with Gasteiger partial charge in [-0.1, -0.05) is 11.6 Å². The highest BCUT2D eigenvalue weighted by atomic mass is 35.5. The van der Waals surface area contributed by atoms with E-state index in [4.69, 9.17) is 11.6 Å². The molecule has 2 aliphatic rings. The topological polar surface area (TPSA) is 90.0 Å². The normalized spacial score (nSPS) is 18.2. The Morgan fingerprint density at radius 2 is 1.71 bits per heavy atom. The maximum absolute atomic E-state index is 12.9. The van der Waals surface area contributed by atoms with Crippen molar-refractivity contribution in [2.45, 2.75) is 44.4 Å². The molecule has 0 unspecified atom stereocenters. The van der Waals surface area contributed by atoms with Crippen LogP contribution in [0.1, 0.15) is 39.5 Å². The van der Waals surface area contributed by atoms with Crippen LogP contribution in [0.5, 0.6) is 0 Å². The van der Waals surface area contributed by atoms with Crippen LogP contribution in [0.4, 0.5) is 10.5 Å². The third-order valence-electron chi connectivity index (χ3n) is 6.05. The van der Waals surface area contributed by atoms with Gasteiger partial charge in [-0.25, -0.2) is 13.2 Å². The van der Waals surface area contributed by atoms with E-state index in [-0.39, 0.29) is 27.8 Å². The number of anilines is 1. The summed E-state index contributed by atoms with van der Waals surface area (Å²) in [5.74, 6) is -0.392. The molecule has 31 heavy (non-hydrogen) atoms. The quantitative estimate of drug-likeness (QED) is 0.691. The number of halogens is 1. The summed E-state index contributed by atoms with van der Waals surface area (Å²) >= 11 is 6.18. The maximum atomic E-state index is 12.9. The molecule has 10 heteroatoms. The second kappa shape index (κ2) is 10.2. The van der Waals surface area contributed by atoms with E-state index < -0.39 is 10.0 Å². The Labute approximate surface area is 189 Å². The number of hydrogen-bond acceptors (Lipinski definition) is 4. The molecule has 2 aliphatic heterocycles. The largest absolute Gasteiger partial charge is 0.326 e. The van der Waals surface area contributed by atoms with Crippen LogP contribution in [0.25, 0.3) is 0 Å². The number of urea groups is 1. The minimum atomic E-state index is -3.68. The van der Waals surface area contributed by atoms with Crippen molar-refractivity contribution < 1.29 is 18.0 Å². The molecule has 172 valence electrons. The average Bonchev–Trinajstić information content (AvgIpc) is 3.32. The summed E-state index contributed by atoms with van der Waals surface area (Å²) < 4.78 is 27.2. The van der Waals surface area contributed by atoms with Crippen LogP contribution in [-0.2, 0) is 14.8 Å². The predicted octanol–water partition coefficient (Wildman–Crippen LogP) is 3.24. The van der Waals surface area contributed by atoms with E-state index in [0.29, 0.717) is 57.8 Å². The van der Waals surface area contributed by atoms with Crippen molar-refractivity contribution in [3.05, 3.63) is 23.2 Å². The molecule has 0 saturated carbocycles. The van der Waals surface area contributed by atoms with Gasteiger partial charge in [-0.05, 0) is 57.7 Å². The molecule has 0 bridgehead atoms. The highest BCUT2D eigenvalue weighted by Crippen LogP contribution is 2.30. The van der Waals surface area contributed by atoms with Crippen LogP contribution in [0.15, 0.2) is 23.1 Å². The number of rotatable bonds is 6. The van der Waals surface area contributed by atoms with E-state index in [0.717, 1.165) is 12.8 Å². The SMILES string of the molecule is CCN(CC)C(=O)N1CCC(C(=O)Nc2ccc(Cl)c(S(=O)(=O)N3CCCC3)c2)CC1. The number of amides is 3. The second-order valence-electron chi connectivity index (χ2n) is 7.96. The number of carbonyl (C=O) groups is 2. The van der Waals surface area contributed by atoms with Gasteiger partial charge in [0.15, 0.2) is 0 Å². The molecular formula is C21H31ClN4O4S.